The number of hydrogen-bond acceptors (Lipinski definition) is 5. The van der Waals surface area contributed by atoms with Gasteiger partial charge in [-0.2, -0.15) is 0 Å². The van der Waals surface area contributed by atoms with Crippen LogP contribution in [0.3, 0.4) is 0 Å². The fourth-order valence-corrected chi connectivity index (χ4v) is 2.08. The van der Waals surface area contributed by atoms with E-state index < -0.39 is 0 Å². The van der Waals surface area contributed by atoms with Crippen molar-refractivity contribution in [2.24, 2.45) is 0 Å². The van der Waals surface area contributed by atoms with Gasteiger partial charge in [0.1, 0.15) is 0 Å². The minimum Gasteiger partial charge on any atom is -0.493 e. The second-order valence-electron chi connectivity index (χ2n) is 4.45. The van der Waals surface area contributed by atoms with Crippen molar-refractivity contribution in [2.75, 3.05) is 33.2 Å². The molecule has 1 aromatic heterocycles. The third-order valence-electron chi connectivity index (χ3n) is 3.16. The van der Waals surface area contributed by atoms with Crippen LogP contribution in [0, 0.1) is 0 Å². The van der Waals surface area contributed by atoms with Crippen LogP contribution in [0.1, 0.15) is 5.56 Å². The van der Waals surface area contributed by atoms with E-state index in [0.717, 1.165) is 18.7 Å². The standard InChI is InChI=1S/C16H20N2O3/c1-19-14-10-13(11-15(20-2)16(14)21-3)18-9-6-12-4-7-17-8-5-12/h4-5,7-8,10-11,18H,6,9H2,1-3H3. The van der Waals surface area contributed by atoms with E-state index >= 15 is 0 Å². The van der Waals surface area contributed by atoms with E-state index in [1.807, 2.05) is 24.3 Å². The number of methoxy groups -OCH3 is 3. The van der Waals surface area contributed by atoms with Crippen LogP contribution in [0.25, 0.3) is 0 Å². The first-order chi connectivity index (χ1) is 10.3. The van der Waals surface area contributed by atoms with Gasteiger partial charge >= 0.3 is 0 Å². The molecule has 1 aromatic carbocycles. The van der Waals surface area contributed by atoms with Gasteiger partial charge in [-0.3, -0.25) is 4.98 Å². The lowest BCUT2D eigenvalue weighted by atomic mass is 10.2. The predicted octanol–water partition coefficient (Wildman–Crippen LogP) is 2.76. The molecule has 0 aliphatic carbocycles. The Kier molecular flexibility index (Phi) is 5.26. The van der Waals surface area contributed by atoms with E-state index in [1.54, 1.807) is 33.7 Å². The topological polar surface area (TPSA) is 52.6 Å². The fraction of sp³-hybridized carbons (Fsp3) is 0.312. The summed E-state index contributed by atoms with van der Waals surface area (Å²) >= 11 is 0. The van der Waals surface area contributed by atoms with Crippen LogP contribution in [0.4, 0.5) is 5.69 Å². The molecule has 0 atom stereocenters. The van der Waals surface area contributed by atoms with Crippen molar-refractivity contribution in [3.05, 3.63) is 42.2 Å². The summed E-state index contributed by atoms with van der Waals surface area (Å²) in [6.45, 7) is 0.808. The monoisotopic (exact) mass is 288 g/mol. The number of nitrogens with zero attached hydrogens (tertiary/aromatic N) is 1. The Hall–Kier alpha value is -2.43. The summed E-state index contributed by atoms with van der Waals surface area (Å²) in [6.07, 6.45) is 4.52. The summed E-state index contributed by atoms with van der Waals surface area (Å²) in [4.78, 5) is 4.01. The Bertz CT molecular complexity index is 548. The lowest BCUT2D eigenvalue weighted by Crippen LogP contribution is -2.06. The first-order valence-electron chi connectivity index (χ1n) is 6.71. The third kappa shape index (κ3) is 3.78. The van der Waals surface area contributed by atoms with E-state index in [0.29, 0.717) is 17.2 Å². The van der Waals surface area contributed by atoms with Crippen LogP contribution in [-0.4, -0.2) is 32.9 Å². The van der Waals surface area contributed by atoms with E-state index in [4.69, 9.17) is 14.2 Å². The van der Waals surface area contributed by atoms with Gasteiger partial charge in [0.25, 0.3) is 0 Å². The number of nitrogens with one attached hydrogen (secondary N) is 1. The molecular formula is C16H20N2O3. The zero-order chi connectivity index (χ0) is 15.1. The molecule has 0 fully saturated rings. The average Bonchev–Trinajstić information content (AvgIpc) is 2.54. The van der Waals surface area contributed by atoms with E-state index in [9.17, 15) is 0 Å². The van der Waals surface area contributed by atoms with Crippen molar-refractivity contribution in [2.45, 2.75) is 6.42 Å². The van der Waals surface area contributed by atoms with Gasteiger partial charge in [0.15, 0.2) is 11.5 Å². The molecule has 0 spiro atoms. The average molecular weight is 288 g/mol. The van der Waals surface area contributed by atoms with Crippen molar-refractivity contribution in [3.63, 3.8) is 0 Å². The summed E-state index contributed by atoms with van der Waals surface area (Å²) in [5.41, 5.74) is 2.17. The molecule has 112 valence electrons. The van der Waals surface area contributed by atoms with Gasteiger partial charge in [-0.25, -0.2) is 0 Å². The van der Waals surface area contributed by atoms with Crippen LogP contribution >= 0.6 is 0 Å². The Morgan fingerprint density at radius 3 is 2.10 bits per heavy atom. The third-order valence-corrected chi connectivity index (χ3v) is 3.16. The van der Waals surface area contributed by atoms with Crippen LogP contribution < -0.4 is 19.5 Å². The van der Waals surface area contributed by atoms with Crippen molar-refractivity contribution < 1.29 is 14.2 Å². The first kappa shape index (κ1) is 15.0. The van der Waals surface area contributed by atoms with Gasteiger partial charge in [-0.1, -0.05) is 0 Å². The molecule has 0 radical (unpaired) electrons. The second kappa shape index (κ2) is 7.38. The van der Waals surface area contributed by atoms with E-state index in [2.05, 4.69) is 10.3 Å². The molecule has 0 saturated heterocycles. The molecule has 0 aliphatic heterocycles. The van der Waals surface area contributed by atoms with Gasteiger partial charge in [0, 0.05) is 36.8 Å². The number of benzene rings is 1. The Labute approximate surface area is 124 Å². The molecule has 1 heterocycles. The lowest BCUT2D eigenvalue weighted by molar-refractivity contribution is 0.324. The number of ether oxygens (including phenoxy) is 3. The maximum absolute atomic E-state index is 5.33. The fourth-order valence-electron chi connectivity index (χ4n) is 2.08. The number of rotatable bonds is 7. The molecular weight excluding hydrogens is 268 g/mol. The quantitative estimate of drug-likeness (QED) is 0.849. The molecule has 5 heteroatoms. The minimum atomic E-state index is 0.597. The first-order valence-corrected chi connectivity index (χ1v) is 6.71. The van der Waals surface area contributed by atoms with Crippen molar-refractivity contribution >= 4 is 5.69 Å². The second-order valence-corrected chi connectivity index (χ2v) is 4.45. The van der Waals surface area contributed by atoms with Crippen molar-refractivity contribution in [1.82, 2.24) is 4.98 Å². The highest BCUT2D eigenvalue weighted by Crippen LogP contribution is 2.39. The van der Waals surface area contributed by atoms with Gasteiger partial charge in [0.2, 0.25) is 5.75 Å². The predicted molar refractivity (Wildman–Crippen MR) is 82.5 cm³/mol. The van der Waals surface area contributed by atoms with Crippen LogP contribution in [0.15, 0.2) is 36.7 Å². The molecule has 0 unspecified atom stereocenters. The number of anilines is 1. The molecule has 1 N–H and O–H groups in total. The molecule has 5 nitrogen and oxygen atoms in total. The number of aromatic nitrogens is 1. The van der Waals surface area contributed by atoms with E-state index in [1.165, 1.54) is 5.56 Å². The molecule has 0 aliphatic rings. The maximum atomic E-state index is 5.33. The number of pyridine rings is 1. The lowest BCUT2D eigenvalue weighted by Gasteiger charge is -2.15. The molecule has 21 heavy (non-hydrogen) atoms. The summed E-state index contributed by atoms with van der Waals surface area (Å²) < 4.78 is 16.0. The zero-order valence-corrected chi connectivity index (χ0v) is 12.6. The highest BCUT2D eigenvalue weighted by Gasteiger charge is 2.12. The Morgan fingerprint density at radius 1 is 0.952 bits per heavy atom. The van der Waals surface area contributed by atoms with Gasteiger partial charge in [0.05, 0.1) is 21.3 Å². The van der Waals surface area contributed by atoms with Gasteiger partial charge in [-0.05, 0) is 24.1 Å². The Balaban J connectivity index is 2.06. The molecule has 0 bridgehead atoms. The van der Waals surface area contributed by atoms with E-state index in [-0.39, 0.29) is 0 Å². The van der Waals surface area contributed by atoms with Crippen LogP contribution in [-0.2, 0) is 6.42 Å². The molecule has 0 saturated carbocycles. The summed E-state index contributed by atoms with van der Waals surface area (Å²) in [7, 11) is 4.81. The zero-order valence-electron chi connectivity index (χ0n) is 12.6. The molecule has 2 aromatic rings. The van der Waals surface area contributed by atoms with Gasteiger partial charge < -0.3 is 19.5 Å². The van der Waals surface area contributed by atoms with Crippen LogP contribution in [0.2, 0.25) is 0 Å². The maximum Gasteiger partial charge on any atom is 0.203 e. The highest BCUT2D eigenvalue weighted by molar-refractivity contribution is 5.62. The summed E-state index contributed by atoms with van der Waals surface area (Å²) in [6, 6.07) is 7.82. The largest absolute Gasteiger partial charge is 0.493 e. The minimum absolute atomic E-state index is 0.597. The highest BCUT2D eigenvalue weighted by atomic mass is 16.5. The number of hydrogen-bond donors (Lipinski definition) is 1. The summed E-state index contributed by atoms with van der Waals surface area (Å²) in [5.74, 6) is 1.88. The summed E-state index contributed by atoms with van der Waals surface area (Å²) in [5, 5.41) is 3.36. The van der Waals surface area contributed by atoms with Crippen molar-refractivity contribution in [3.8, 4) is 17.2 Å². The molecule has 0 amide bonds. The van der Waals surface area contributed by atoms with Crippen LogP contribution in [0.5, 0.6) is 17.2 Å². The molecule has 2 rings (SSSR count). The smallest absolute Gasteiger partial charge is 0.203 e. The van der Waals surface area contributed by atoms with Gasteiger partial charge in [-0.15, -0.1) is 0 Å². The SMILES string of the molecule is COc1cc(NCCc2ccncc2)cc(OC)c1OC. The normalized spacial score (nSPS) is 10.0. The van der Waals surface area contributed by atoms with Crippen molar-refractivity contribution in [1.29, 1.82) is 0 Å². The Morgan fingerprint density at radius 2 is 1.57 bits per heavy atom.